The molecule has 118 valence electrons. The second kappa shape index (κ2) is 6.11. The maximum Gasteiger partial charge on any atom is 0.335 e. The minimum Gasteiger partial charge on any atom is -0.478 e. The van der Waals surface area contributed by atoms with Crippen LogP contribution < -0.4 is 5.32 Å². The number of carbonyl (C=O) groups excluding carboxylic acids is 1. The third-order valence-corrected chi connectivity index (χ3v) is 5.42. The van der Waals surface area contributed by atoms with Gasteiger partial charge < -0.3 is 10.4 Å². The molecule has 0 heterocycles. The van der Waals surface area contributed by atoms with Crippen LogP contribution in [0.2, 0.25) is 0 Å². The van der Waals surface area contributed by atoms with Crippen LogP contribution in [0.25, 0.3) is 0 Å². The molecule has 0 radical (unpaired) electrons. The number of carboxylic acids is 1. The van der Waals surface area contributed by atoms with Crippen molar-refractivity contribution in [3.63, 3.8) is 0 Å². The Morgan fingerprint density at radius 2 is 2.05 bits per heavy atom. The van der Waals surface area contributed by atoms with Crippen molar-refractivity contribution in [2.75, 3.05) is 0 Å². The van der Waals surface area contributed by atoms with Gasteiger partial charge in [0.2, 0.25) is 5.91 Å². The molecule has 2 N–H and O–H groups in total. The predicted molar refractivity (Wildman–Crippen MR) is 83.6 cm³/mol. The van der Waals surface area contributed by atoms with Crippen molar-refractivity contribution < 1.29 is 14.7 Å². The van der Waals surface area contributed by atoms with Crippen LogP contribution >= 0.6 is 0 Å². The van der Waals surface area contributed by atoms with Crippen molar-refractivity contribution in [3.05, 3.63) is 35.4 Å². The van der Waals surface area contributed by atoms with E-state index in [4.69, 9.17) is 0 Å². The standard InChI is InChI=1S/C18H23NO3/c1-11(16-9-12-6-7-14(16)8-12)19-17(20)10-13-4-2-3-5-15(13)18(21)22/h2-5,11-12,14,16H,6-10H2,1H3,(H,19,20)(H,21,22). The first-order valence-electron chi connectivity index (χ1n) is 8.15. The van der Waals surface area contributed by atoms with E-state index in [0.29, 0.717) is 11.5 Å². The molecule has 1 aromatic carbocycles. The van der Waals surface area contributed by atoms with Crippen LogP contribution in [0, 0.1) is 17.8 Å². The zero-order chi connectivity index (χ0) is 15.7. The normalized spacial score (nSPS) is 27.6. The van der Waals surface area contributed by atoms with E-state index in [1.54, 1.807) is 24.3 Å². The third kappa shape index (κ3) is 3.01. The lowest BCUT2D eigenvalue weighted by Gasteiger charge is -2.28. The smallest absolute Gasteiger partial charge is 0.335 e. The number of carboxylic acid groups (broad SMARTS) is 1. The van der Waals surface area contributed by atoms with E-state index in [2.05, 4.69) is 12.2 Å². The Kier molecular flexibility index (Phi) is 4.19. The highest BCUT2D eigenvalue weighted by molar-refractivity contribution is 5.91. The second-order valence-corrected chi connectivity index (χ2v) is 6.83. The molecule has 2 aliphatic carbocycles. The van der Waals surface area contributed by atoms with Crippen LogP contribution in [0.5, 0.6) is 0 Å². The number of fused-ring (bicyclic) bond motifs is 2. The summed E-state index contributed by atoms with van der Waals surface area (Å²) in [7, 11) is 0. The zero-order valence-electron chi connectivity index (χ0n) is 12.9. The average Bonchev–Trinajstić information content (AvgIpc) is 3.10. The predicted octanol–water partition coefficient (Wildman–Crippen LogP) is 2.87. The molecule has 0 aromatic heterocycles. The van der Waals surface area contributed by atoms with Gasteiger partial charge in [-0.15, -0.1) is 0 Å². The van der Waals surface area contributed by atoms with E-state index in [1.807, 2.05) is 0 Å². The number of nitrogens with one attached hydrogen (secondary N) is 1. The van der Waals surface area contributed by atoms with Crippen molar-refractivity contribution in [1.82, 2.24) is 5.32 Å². The number of benzene rings is 1. The van der Waals surface area contributed by atoms with Crippen molar-refractivity contribution >= 4 is 11.9 Å². The van der Waals surface area contributed by atoms with E-state index in [0.717, 1.165) is 11.8 Å². The quantitative estimate of drug-likeness (QED) is 0.879. The van der Waals surface area contributed by atoms with E-state index < -0.39 is 5.97 Å². The fourth-order valence-electron chi connectivity index (χ4n) is 4.37. The van der Waals surface area contributed by atoms with E-state index >= 15 is 0 Å². The van der Waals surface area contributed by atoms with Crippen LogP contribution in [0.1, 0.15) is 48.5 Å². The molecule has 1 aromatic rings. The summed E-state index contributed by atoms with van der Waals surface area (Å²) < 4.78 is 0. The minimum absolute atomic E-state index is 0.0797. The molecule has 0 saturated heterocycles. The Bertz CT molecular complexity index is 583. The highest BCUT2D eigenvalue weighted by Crippen LogP contribution is 2.49. The van der Waals surface area contributed by atoms with Crippen LogP contribution in [0.15, 0.2) is 24.3 Å². The number of amides is 1. The van der Waals surface area contributed by atoms with Crippen LogP contribution in [-0.2, 0) is 11.2 Å². The summed E-state index contributed by atoms with van der Waals surface area (Å²) in [5.41, 5.74) is 0.790. The van der Waals surface area contributed by atoms with Gasteiger partial charge >= 0.3 is 5.97 Å². The van der Waals surface area contributed by atoms with E-state index in [-0.39, 0.29) is 23.9 Å². The Hall–Kier alpha value is -1.84. The summed E-state index contributed by atoms with van der Waals surface area (Å²) in [6.07, 6.45) is 5.35. The Morgan fingerprint density at radius 3 is 2.68 bits per heavy atom. The van der Waals surface area contributed by atoms with Crippen molar-refractivity contribution in [2.24, 2.45) is 17.8 Å². The Morgan fingerprint density at radius 1 is 1.27 bits per heavy atom. The lowest BCUT2D eigenvalue weighted by molar-refractivity contribution is -0.121. The monoisotopic (exact) mass is 301 g/mol. The van der Waals surface area contributed by atoms with E-state index in [9.17, 15) is 14.7 Å². The summed E-state index contributed by atoms with van der Waals surface area (Å²) >= 11 is 0. The van der Waals surface area contributed by atoms with Crippen molar-refractivity contribution in [3.8, 4) is 0 Å². The van der Waals surface area contributed by atoms with Gasteiger partial charge in [-0.1, -0.05) is 24.6 Å². The summed E-state index contributed by atoms with van der Waals surface area (Å²) in [5.74, 6) is 1.17. The molecule has 22 heavy (non-hydrogen) atoms. The maximum atomic E-state index is 12.3. The first kappa shape index (κ1) is 15.1. The molecular weight excluding hydrogens is 278 g/mol. The van der Waals surface area contributed by atoms with Gasteiger partial charge in [-0.05, 0) is 55.6 Å². The minimum atomic E-state index is -0.982. The van der Waals surface area contributed by atoms with Gasteiger partial charge in [-0.2, -0.15) is 0 Å². The number of hydrogen-bond donors (Lipinski definition) is 2. The molecule has 3 rings (SSSR count). The largest absolute Gasteiger partial charge is 0.478 e. The molecule has 4 heteroatoms. The summed E-state index contributed by atoms with van der Waals surface area (Å²) in [6, 6.07) is 6.90. The molecule has 0 spiro atoms. The topological polar surface area (TPSA) is 66.4 Å². The molecule has 4 atom stereocenters. The van der Waals surface area contributed by atoms with Gasteiger partial charge in [0.05, 0.1) is 12.0 Å². The number of rotatable bonds is 5. The van der Waals surface area contributed by atoms with Gasteiger partial charge in [0, 0.05) is 6.04 Å². The molecule has 0 aliphatic heterocycles. The SMILES string of the molecule is CC(NC(=O)Cc1ccccc1C(=O)O)C1CC2CCC1C2. The highest BCUT2D eigenvalue weighted by atomic mass is 16.4. The third-order valence-electron chi connectivity index (χ3n) is 5.42. The summed E-state index contributed by atoms with van der Waals surface area (Å²) in [5, 5.41) is 12.3. The lowest BCUT2D eigenvalue weighted by Crippen LogP contribution is -2.40. The fourth-order valence-corrected chi connectivity index (χ4v) is 4.37. The first-order valence-corrected chi connectivity index (χ1v) is 8.15. The second-order valence-electron chi connectivity index (χ2n) is 6.83. The number of aromatic carboxylic acids is 1. The fraction of sp³-hybridized carbons (Fsp3) is 0.556. The molecule has 2 fully saturated rings. The van der Waals surface area contributed by atoms with Crippen molar-refractivity contribution in [2.45, 2.75) is 45.1 Å². The van der Waals surface area contributed by atoms with Gasteiger partial charge in [0.25, 0.3) is 0 Å². The first-order chi connectivity index (χ1) is 10.5. The number of hydrogen-bond acceptors (Lipinski definition) is 2. The van der Waals surface area contributed by atoms with Crippen LogP contribution in [-0.4, -0.2) is 23.0 Å². The molecule has 2 saturated carbocycles. The highest BCUT2D eigenvalue weighted by Gasteiger charge is 2.42. The van der Waals surface area contributed by atoms with Crippen LogP contribution in [0.3, 0.4) is 0 Å². The van der Waals surface area contributed by atoms with Gasteiger partial charge in [0.15, 0.2) is 0 Å². The molecule has 2 aliphatic rings. The Balaban J connectivity index is 1.60. The van der Waals surface area contributed by atoms with Gasteiger partial charge in [-0.3, -0.25) is 4.79 Å². The molecule has 1 amide bonds. The zero-order valence-corrected chi connectivity index (χ0v) is 12.9. The molecule has 2 bridgehead atoms. The summed E-state index contributed by atoms with van der Waals surface area (Å²) in [6.45, 7) is 2.09. The molecule has 4 nitrogen and oxygen atoms in total. The molecule has 4 unspecified atom stereocenters. The summed E-state index contributed by atoms with van der Waals surface area (Å²) in [4.78, 5) is 23.4. The number of carbonyl (C=O) groups is 2. The molecular formula is C18H23NO3. The van der Waals surface area contributed by atoms with Crippen LogP contribution in [0.4, 0.5) is 0 Å². The van der Waals surface area contributed by atoms with E-state index in [1.165, 1.54) is 25.7 Å². The van der Waals surface area contributed by atoms with Crippen molar-refractivity contribution in [1.29, 1.82) is 0 Å². The lowest BCUT2D eigenvalue weighted by atomic mass is 9.84. The Labute approximate surface area is 130 Å². The maximum absolute atomic E-state index is 12.3. The average molecular weight is 301 g/mol. The van der Waals surface area contributed by atoms with Gasteiger partial charge in [0.1, 0.15) is 0 Å². The van der Waals surface area contributed by atoms with Gasteiger partial charge in [-0.25, -0.2) is 4.79 Å².